The van der Waals surface area contributed by atoms with Crippen molar-refractivity contribution in [2.75, 3.05) is 45.8 Å². The summed E-state index contributed by atoms with van der Waals surface area (Å²) in [6.07, 6.45) is 0.365. The molecule has 0 radical (unpaired) electrons. The third kappa shape index (κ3) is 8.67. The van der Waals surface area contributed by atoms with Gasteiger partial charge in [0.1, 0.15) is 0 Å². The molecule has 2 N–H and O–H groups in total. The van der Waals surface area contributed by atoms with Gasteiger partial charge in [0, 0.05) is 50.2 Å². The van der Waals surface area contributed by atoms with Crippen molar-refractivity contribution in [3.63, 3.8) is 0 Å². The molecule has 2 rings (SSSR count). The van der Waals surface area contributed by atoms with Crippen molar-refractivity contribution in [2.24, 2.45) is 10.9 Å². The number of carbonyl (C=O) groups is 2. The lowest BCUT2D eigenvalue weighted by atomic mass is 10.1. The number of nitrogens with one attached hydrogen (secondary N) is 2. The van der Waals surface area contributed by atoms with Crippen LogP contribution in [0.25, 0.3) is 0 Å². The maximum atomic E-state index is 12.6. The SMILES string of the molecule is CCNC(=NCCNC(=O)C(C)C)N1CCN(C(=O)Cc2cccc(Cl)c2)CC1.I. The first kappa shape index (κ1) is 26.5. The topological polar surface area (TPSA) is 77.0 Å². The summed E-state index contributed by atoms with van der Waals surface area (Å²) >= 11 is 6.01. The summed E-state index contributed by atoms with van der Waals surface area (Å²) in [4.78, 5) is 32.9. The Morgan fingerprint density at radius 2 is 1.80 bits per heavy atom. The molecule has 1 aromatic carbocycles. The Morgan fingerprint density at radius 3 is 2.40 bits per heavy atom. The highest BCUT2D eigenvalue weighted by atomic mass is 127. The van der Waals surface area contributed by atoms with Gasteiger partial charge in [-0.3, -0.25) is 14.6 Å². The standard InChI is InChI=1S/C21H32ClN5O2.HI/c1-4-23-21(25-9-8-24-20(29)16(2)3)27-12-10-26(11-13-27)19(28)15-17-6-5-7-18(22)14-17;/h5-7,14,16H,4,8-13,15H2,1-3H3,(H,23,25)(H,24,29);1H. The summed E-state index contributed by atoms with van der Waals surface area (Å²) in [6.45, 7) is 10.4. The molecule has 1 fully saturated rings. The second kappa shape index (κ2) is 13.7. The van der Waals surface area contributed by atoms with Gasteiger partial charge < -0.3 is 20.4 Å². The van der Waals surface area contributed by atoms with Crippen LogP contribution in [0.3, 0.4) is 0 Å². The van der Waals surface area contributed by atoms with Gasteiger partial charge in [-0.2, -0.15) is 0 Å². The molecule has 1 aromatic rings. The minimum atomic E-state index is -0.0234. The molecule has 7 nitrogen and oxygen atoms in total. The summed E-state index contributed by atoms with van der Waals surface area (Å²) in [5, 5.41) is 6.82. The Bertz CT molecular complexity index is 721. The molecule has 0 saturated carbocycles. The van der Waals surface area contributed by atoms with Crippen molar-refractivity contribution in [2.45, 2.75) is 27.2 Å². The smallest absolute Gasteiger partial charge is 0.227 e. The molecule has 0 bridgehead atoms. The Labute approximate surface area is 201 Å². The molecule has 1 heterocycles. The first-order chi connectivity index (χ1) is 13.9. The number of rotatable bonds is 7. The summed E-state index contributed by atoms with van der Waals surface area (Å²) in [5.41, 5.74) is 0.934. The number of guanidine groups is 1. The van der Waals surface area contributed by atoms with Gasteiger partial charge in [-0.1, -0.05) is 37.6 Å². The molecule has 1 aliphatic rings. The van der Waals surface area contributed by atoms with E-state index in [1.54, 1.807) is 0 Å². The minimum Gasteiger partial charge on any atom is -0.357 e. The number of benzene rings is 1. The lowest BCUT2D eigenvalue weighted by Gasteiger charge is -2.36. The zero-order valence-corrected chi connectivity index (χ0v) is 21.1. The molecule has 1 saturated heterocycles. The van der Waals surface area contributed by atoms with E-state index >= 15 is 0 Å². The summed E-state index contributed by atoms with van der Waals surface area (Å²) in [7, 11) is 0. The van der Waals surface area contributed by atoms with Crippen LogP contribution >= 0.6 is 35.6 Å². The van der Waals surface area contributed by atoms with Crippen molar-refractivity contribution in [1.29, 1.82) is 0 Å². The first-order valence-corrected chi connectivity index (χ1v) is 10.6. The Hall–Kier alpha value is -1.55. The molecule has 168 valence electrons. The van der Waals surface area contributed by atoms with Crippen LogP contribution in [-0.4, -0.2) is 73.4 Å². The molecule has 1 aliphatic heterocycles. The van der Waals surface area contributed by atoms with Crippen LogP contribution in [-0.2, 0) is 16.0 Å². The molecule has 0 spiro atoms. The Balaban J connectivity index is 0.00000450. The number of carbonyl (C=O) groups excluding carboxylic acids is 2. The number of halogens is 2. The van der Waals surface area contributed by atoms with Crippen LogP contribution in [0.4, 0.5) is 0 Å². The maximum Gasteiger partial charge on any atom is 0.227 e. The van der Waals surface area contributed by atoms with Crippen molar-refractivity contribution < 1.29 is 9.59 Å². The zero-order chi connectivity index (χ0) is 21.2. The highest BCUT2D eigenvalue weighted by Crippen LogP contribution is 2.13. The summed E-state index contributed by atoms with van der Waals surface area (Å²) in [5.74, 6) is 0.959. The number of hydrogen-bond donors (Lipinski definition) is 2. The largest absolute Gasteiger partial charge is 0.357 e. The zero-order valence-electron chi connectivity index (χ0n) is 18.0. The van der Waals surface area contributed by atoms with Crippen LogP contribution in [0, 0.1) is 5.92 Å². The van der Waals surface area contributed by atoms with Gasteiger partial charge in [0.2, 0.25) is 11.8 Å². The van der Waals surface area contributed by atoms with Crippen LogP contribution in [0.2, 0.25) is 5.02 Å². The Kier molecular flexibility index (Phi) is 12.1. The van der Waals surface area contributed by atoms with E-state index in [9.17, 15) is 9.59 Å². The number of aliphatic imine (C=N–C) groups is 1. The van der Waals surface area contributed by atoms with Gasteiger partial charge in [0.15, 0.2) is 5.96 Å². The quantitative estimate of drug-likeness (QED) is 0.237. The van der Waals surface area contributed by atoms with Gasteiger partial charge in [-0.05, 0) is 24.6 Å². The fourth-order valence-electron chi connectivity index (χ4n) is 3.07. The van der Waals surface area contributed by atoms with Crippen LogP contribution in [0.15, 0.2) is 29.3 Å². The van der Waals surface area contributed by atoms with Crippen LogP contribution < -0.4 is 10.6 Å². The highest BCUT2D eigenvalue weighted by Gasteiger charge is 2.23. The lowest BCUT2D eigenvalue weighted by molar-refractivity contribution is -0.131. The van der Waals surface area contributed by atoms with Gasteiger partial charge in [0.05, 0.1) is 13.0 Å². The molecule has 0 aromatic heterocycles. The fraction of sp³-hybridized carbons (Fsp3) is 0.571. The van der Waals surface area contributed by atoms with Gasteiger partial charge in [-0.25, -0.2) is 0 Å². The van der Waals surface area contributed by atoms with E-state index < -0.39 is 0 Å². The molecule has 9 heteroatoms. The molecule has 30 heavy (non-hydrogen) atoms. The first-order valence-electron chi connectivity index (χ1n) is 10.2. The van der Waals surface area contributed by atoms with Gasteiger partial charge in [0.25, 0.3) is 0 Å². The molecule has 0 aliphatic carbocycles. The van der Waals surface area contributed by atoms with E-state index in [1.807, 2.05) is 49.9 Å². The average Bonchev–Trinajstić information content (AvgIpc) is 2.70. The molecular weight excluding hydrogens is 517 g/mol. The summed E-state index contributed by atoms with van der Waals surface area (Å²) in [6, 6.07) is 7.44. The maximum absolute atomic E-state index is 12.6. The second-order valence-electron chi connectivity index (χ2n) is 7.36. The van der Waals surface area contributed by atoms with Gasteiger partial charge >= 0.3 is 0 Å². The van der Waals surface area contributed by atoms with Crippen molar-refractivity contribution in [3.8, 4) is 0 Å². The average molecular weight is 550 g/mol. The third-order valence-electron chi connectivity index (χ3n) is 4.71. The van der Waals surface area contributed by atoms with Crippen molar-refractivity contribution in [1.82, 2.24) is 20.4 Å². The molecular formula is C21H33ClIN5O2. The van der Waals surface area contributed by atoms with Crippen LogP contribution in [0.1, 0.15) is 26.3 Å². The fourth-order valence-corrected chi connectivity index (χ4v) is 3.28. The van der Waals surface area contributed by atoms with E-state index in [-0.39, 0.29) is 41.7 Å². The number of amides is 2. The Morgan fingerprint density at radius 1 is 1.13 bits per heavy atom. The molecule has 0 unspecified atom stereocenters. The molecule has 0 atom stereocenters. The third-order valence-corrected chi connectivity index (χ3v) is 4.94. The number of piperazine rings is 1. The van der Waals surface area contributed by atoms with Gasteiger partial charge in [-0.15, -0.1) is 24.0 Å². The van der Waals surface area contributed by atoms with Crippen molar-refractivity contribution in [3.05, 3.63) is 34.9 Å². The number of hydrogen-bond acceptors (Lipinski definition) is 3. The monoisotopic (exact) mass is 549 g/mol. The minimum absolute atomic E-state index is 0. The van der Waals surface area contributed by atoms with Crippen LogP contribution in [0.5, 0.6) is 0 Å². The van der Waals surface area contributed by atoms with E-state index in [4.69, 9.17) is 11.6 Å². The van der Waals surface area contributed by atoms with E-state index in [2.05, 4.69) is 20.5 Å². The number of nitrogens with zero attached hydrogens (tertiary/aromatic N) is 3. The van der Waals surface area contributed by atoms with E-state index in [1.165, 1.54) is 0 Å². The normalized spacial score (nSPS) is 14.4. The van der Waals surface area contributed by atoms with E-state index in [0.717, 1.165) is 31.2 Å². The summed E-state index contributed by atoms with van der Waals surface area (Å²) < 4.78 is 0. The predicted octanol–water partition coefficient (Wildman–Crippen LogP) is 2.38. The van der Waals surface area contributed by atoms with E-state index in [0.29, 0.717) is 37.6 Å². The lowest BCUT2D eigenvalue weighted by Crippen LogP contribution is -2.54. The predicted molar refractivity (Wildman–Crippen MR) is 133 cm³/mol. The van der Waals surface area contributed by atoms with Crippen molar-refractivity contribution >= 4 is 53.4 Å². The second-order valence-corrected chi connectivity index (χ2v) is 7.79. The molecule has 2 amide bonds. The highest BCUT2D eigenvalue weighted by molar-refractivity contribution is 14.0.